The minimum Gasteiger partial charge on any atom is -0.393 e. The molecule has 1 aliphatic heterocycles. The number of amides is 2. The number of halogens is 1. The number of rotatable bonds is 7. The molecule has 1 fully saturated rings. The van der Waals surface area contributed by atoms with Gasteiger partial charge in [-0.3, -0.25) is 14.6 Å². The van der Waals surface area contributed by atoms with Crippen molar-refractivity contribution in [3.8, 4) is 0 Å². The number of hydrogen-bond acceptors (Lipinski definition) is 6. The van der Waals surface area contributed by atoms with Crippen molar-refractivity contribution in [3.63, 3.8) is 0 Å². The Labute approximate surface area is 199 Å². The molecule has 34 heavy (non-hydrogen) atoms. The molecule has 0 bridgehead atoms. The highest BCUT2D eigenvalue weighted by Gasteiger charge is 2.17. The van der Waals surface area contributed by atoms with Crippen molar-refractivity contribution in [2.75, 3.05) is 35.2 Å². The Bertz CT molecular complexity index is 1090. The summed E-state index contributed by atoms with van der Waals surface area (Å²) in [4.78, 5) is 31.3. The van der Waals surface area contributed by atoms with E-state index in [0.29, 0.717) is 29.3 Å². The van der Waals surface area contributed by atoms with Crippen LogP contribution in [0.5, 0.6) is 0 Å². The maximum Gasteiger partial charge on any atom is 0.268 e. The lowest BCUT2D eigenvalue weighted by molar-refractivity contribution is -0.117. The van der Waals surface area contributed by atoms with E-state index in [9.17, 15) is 14.0 Å². The van der Waals surface area contributed by atoms with Gasteiger partial charge in [0.25, 0.3) is 11.8 Å². The summed E-state index contributed by atoms with van der Waals surface area (Å²) in [7, 11) is 0. The zero-order valence-corrected chi connectivity index (χ0v) is 20.2. The SMILES string of the molecule is Cc1ncc(NC(=O)c2cc(F)cc(N3CCCC3)c2)cc1N/C=C(\N)C(=O)NCC(C)(C)C. The second-order valence-electron chi connectivity index (χ2n) is 9.69. The van der Waals surface area contributed by atoms with Crippen LogP contribution in [0.3, 0.4) is 0 Å². The first-order chi connectivity index (χ1) is 16.0. The third-order valence-corrected chi connectivity index (χ3v) is 5.39. The number of aryl methyl sites for hydroxylation is 1. The molecular formula is C25H33FN6O2. The fourth-order valence-electron chi connectivity index (χ4n) is 3.48. The molecule has 9 heteroatoms. The average Bonchev–Trinajstić information content (AvgIpc) is 3.31. The van der Waals surface area contributed by atoms with Crippen LogP contribution in [0.4, 0.5) is 21.5 Å². The van der Waals surface area contributed by atoms with Crippen LogP contribution in [-0.4, -0.2) is 36.4 Å². The average molecular weight is 469 g/mol. The number of benzene rings is 1. The van der Waals surface area contributed by atoms with Crippen LogP contribution in [0.1, 0.15) is 49.7 Å². The van der Waals surface area contributed by atoms with E-state index in [1.54, 1.807) is 19.1 Å². The minimum atomic E-state index is -0.454. The molecule has 1 aliphatic rings. The first-order valence-electron chi connectivity index (χ1n) is 11.4. The van der Waals surface area contributed by atoms with Gasteiger partial charge in [0.05, 0.1) is 23.3 Å². The maximum absolute atomic E-state index is 14.2. The second kappa shape index (κ2) is 10.5. The summed E-state index contributed by atoms with van der Waals surface area (Å²) in [6.07, 6.45) is 5.02. The van der Waals surface area contributed by atoms with Crippen molar-refractivity contribution >= 4 is 28.9 Å². The number of pyridine rings is 1. The van der Waals surface area contributed by atoms with Gasteiger partial charge in [-0.15, -0.1) is 0 Å². The molecule has 0 radical (unpaired) electrons. The molecule has 5 N–H and O–H groups in total. The van der Waals surface area contributed by atoms with Gasteiger partial charge in [0.2, 0.25) is 0 Å². The van der Waals surface area contributed by atoms with Gasteiger partial charge in [0, 0.05) is 37.1 Å². The molecule has 2 amide bonds. The van der Waals surface area contributed by atoms with Crippen LogP contribution in [0, 0.1) is 18.2 Å². The predicted molar refractivity (Wildman–Crippen MR) is 133 cm³/mol. The van der Waals surface area contributed by atoms with Crippen LogP contribution in [0.15, 0.2) is 42.4 Å². The molecule has 1 aromatic carbocycles. The summed E-state index contributed by atoms with van der Waals surface area (Å²) in [6.45, 7) is 10.0. The Morgan fingerprint density at radius 3 is 2.56 bits per heavy atom. The van der Waals surface area contributed by atoms with Crippen molar-refractivity contribution in [3.05, 3.63) is 59.4 Å². The second-order valence-corrected chi connectivity index (χ2v) is 9.69. The normalized spacial score (nSPS) is 14.1. The topological polar surface area (TPSA) is 112 Å². The number of nitrogens with zero attached hydrogens (tertiary/aromatic N) is 2. The van der Waals surface area contributed by atoms with Gasteiger partial charge >= 0.3 is 0 Å². The van der Waals surface area contributed by atoms with Gasteiger partial charge < -0.3 is 26.6 Å². The van der Waals surface area contributed by atoms with Crippen LogP contribution < -0.4 is 26.6 Å². The van der Waals surface area contributed by atoms with Crippen LogP contribution in [0.2, 0.25) is 0 Å². The van der Waals surface area contributed by atoms with E-state index >= 15 is 0 Å². The lowest BCUT2D eigenvalue weighted by Crippen LogP contribution is -2.35. The van der Waals surface area contributed by atoms with Gasteiger partial charge in [-0.1, -0.05) is 20.8 Å². The molecular weight excluding hydrogens is 435 g/mol. The van der Waals surface area contributed by atoms with Crippen LogP contribution in [0.25, 0.3) is 0 Å². The number of nitrogens with two attached hydrogens (primary N) is 1. The summed E-state index contributed by atoms with van der Waals surface area (Å²) in [6, 6.07) is 6.04. The summed E-state index contributed by atoms with van der Waals surface area (Å²) in [5.41, 5.74) is 8.42. The maximum atomic E-state index is 14.2. The number of carbonyl (C=O) groups excluding carboxylic acids is 2. The standard InChI is InChI=1S/C25H33FN6O2/c1-16-22(29-14-21(27)24(34)30-15-25(2,3)4)12-19(13-28-16)31-23(33)17-9-18(26)11-20(10-17)32-7-5-6-8-32/h9-14,29H,5-8,15,27H2,1-4H3,(H,30,34)(H,31,33)/b21-14-. The smallest absolute Gasteiger partial charge is 0.268 e. The van der Waals surface area contributed by atoms with E-state index in [1.807, 2.05) is 20.8 Å². The van der Waals surface area contributed by atoms with Crippen LogP contribution in [-0.2, 0) is 4.79 Å². The third-order valence-electron chi connectivity index (χ3n) is 5.39. The molecule has 0 saturated carbocycles. The van der Waals surface area contributed by atoms with Crippen molar-refractivity contribution < 1.29 is 14.0 Å². The zero-order chi connectivity index (χ0) is 24.9. The van der Waals surface area contributed by atoms with Crippen molar-refractivity contribution in [1.82, 2.24) is 10.3 Å². The van der Waals surface area contributed by atoms with Crippen molar-refractivity contribution in [2.24, 2.45) is 11.1 Å². The van der Waals surface area contributed by atoms with Gasteiger partial charge in [-0.25, -0.2) is 4.39 Å². The summed E-state index contributed by atoms with van der Waals surface area (Å²) < 4.78 is 14.2. The highest BCUT2D eigenvalue weighted by atomic mass is 19.1. The summed E-state index contributed by atoms with van der Waals surface area (Å²) >= 11 is 0. The molecule has 0 atom stereocenters. The number of anilines is 3. The zero-order valence-electron chi connectivity index (χ0n) is 20.2. The van der Waals surface area contributed by atoms with E-state index in [-0.39, 0.29) is 22.6 Å². The van der Waals surface area contributed by atoms with Crippen molar-refractivity contribution in [2.45, 2.75) is 40.5 Å². The van der Waals surface area contributed by atoms with E-state index in [4.69, 9.17) is 5.73 Å². The minimum absolute atomic E-state index is 0.0206. The third kappa shape index (κ3) is 6.94. The summed E-state index contributed by atoms with van der Waals surface area (Å²) in [5, 5.41) is 8.51. The molecule has 0 spiro atoms. The van der Waals surface area contributed by atoms with Gasteiger partial charge in [-0.2, -0.15) is 0 Å². The molecule has 3 rings (SSSR count). The molecule has 182 valence electrons. The Balaban J connectivity index is 1.69. The molecule has 0 aliphatic carbocycles. The number of aromatic nitrogens is 1. The fourth-order valence-corrected chi connectivity index (χ4v) is 3.48. The van der Waals surface area contributed by atoms with E-state index in [2.05, 4.69) is 25.8 Å². The van der Waals surface area contributed by atoms with Gasteiger partial charge in [0.1, 0.15) is 11.5 Å². The molecule has 8 nitrogen and oxygen atoms in total. The Morgan fingerprint density at radius 1 is 1.18 bits per heavy atom. The highest BCUT2D eigenvalue weighted by Crippen LogP contribution is 2.24. The fraction of sp³-hybridized carbons (Fsp3) is 0.400. The van der Waals surface area contributed by atoms with E-state index in [1.165, 1.54) is 24.5 Å². The van der Waals surface area contributed by atoms with E-state index < -0.39 is 11.7 Å². The first-order valence-corrected chi connectivity index (χ1v) is 11.4. The van der Waals surface area contributed by atoms with E-state index in [0.717, 1.165) is 25.9 Å². The quantitative estimate of drug-likeness (QED) is 0.461. The molecule has 1 aromatic heterocycles. The Kier molecular flexibility index (Phi) is 7.75. The number of nitrogens with one attached hydrogen (secondary N) is 3. The first kappa shape index (κ1) is 25.0. The highest BCUT2D eigenvalue weighted by molar-refractivity contribution is 6.05. The van der Waals surface area contributed by atoms with Gasteiger partial charge in [0.15, 0.2) is 0 Å². The lowest BCUT2D eigenvalue weighted by Gasteiger charge is -2.19. The Morgan fingerprint density at radius 2 is 1.88 bits per heavy atom. The lowest BCUT2D eigenvalue weighted by atomic mass is 9.97. The molecule has 0 unspecified atom stereocenters. The molecule has 2 aromatic rings. The van der Waals surface area contributed by atoms with Crippen molar-refractivity contribution in [1.29, 1.82) is 0 Å². The monoisotopic (exact) mass is 468 g/mol. The van der Waals surface area contributed by atoms with Gasteiger partial charge in [-0.05, 0) is 49.4 Å². The van der Waals surface area contributed by atoms with Crippen LogP contribution >= 0.6 is 0 Å². The largest absolute Gasteiger partial charge is 0.393 e. The molecule has 1 saturated heterocycles. The predicted octanol–water partition coefficient (Wildman–Crippen LogP) is 3.76. The Hall–Kier alpha value is -3.62. The number of hydrogen-bond donors (Lipinski definition) is 4. The summed E-state index contributed by atoms with van der Waals surface area (Å²) in [5.74, 6) is -1.27. The molecule has 2 heterocycles. The number of carbonyl (C=O) groups is 2.